The van der Waals surface area contributed by atoms with Gasteiger partial charge in [0.05, 0.1) is 5.54 Å². The number of fused-ring (bicyclic) bond motifs is 1. The van der Waals surface area contributed by atoms with Gasteiger partial charge in [-0.05, 0) is 50.3 Å². The maximum absolute atomic E-state index is 12.8. The molecule has 1 unspecified atom stereocenters. The minimum Gasteiger partial charge on any atom is -0.444 e. The fourth-order valence-corrected chi connectivity index (χ4v) is 3.63. The number of aliphatic hydroxyl groups is 1. The molecule has 0 aromatic heterocycles. The monoisotopic (exact) mass is 396 g/mol. The number of aliphatic hydroxyl groups excluding tert-OH is 1. The minimum absolute atomic E-state index is 0.298. The van der Waals surface area contributed by atoms with Gasteiger partial charge in [-0.25, -0.2) is 4.79 Å². The molecule has 1 atom stereocenters. The zero-order valence-electron chi connectivity index (χ0n) is 17.1. The summed E-state index contributed by atoms with van der Waals surface area (Å²) < 4.78 is 5.39. The Bertz CT molecular complexity index is 849. The lowest BCUT2D eigenvalue weighted by Gasteiger charge is -2.35. The van der Waals surface area contributed by atoms with E-state index in [0.717, 1.165) is 16.7 Å². The first-order chi connectivity index (χ1) is 13.7. The Morgan fingerprint density at radius 2 is 1.59 bits per heavy atom. The molecule has 0 radical (unpaired) electrons. The van der Waals surface area contributed by atoms with E-state index in [4.69, 9.17) is 4.74 Å². The van der Waals surface area contributed by atoms with E-state index in [2.05, 4.69) is 10.6 Å². The Kier molecular flexibility index (Phi) is 5.94. The van der Waals surface area contributed by atoms with Crippen molar-refractivity contribution in [1.82, 2.24) is 10.6 Å². The molecule has 0 fully saturated rings. The number of amides is 2. The van der Waals surface area contributed by atoms with E-state index in [1.807, 2.05) is 54.6 Å². The van der Waals surface area contributed by atoms with Crippen molar-refractivity contribution >= 4 is 12.0 Å². The van der Waals surface area contributed by atoms with Crippen molar-refractivity contribution in [1.29, 1.82) is 0 Å². The highest BCUT2D eigenvalue weighted by Crippen LogP contribution is 2.33. The first-order valence-corrected chi connectivity index (χ1v) is 9.76. The summed E-state index contributed by atoms with van der Waals surface area (Å²) in [6.07, 6.45) is -1.38. The van der Waals surface area contributed by atoms with Gasteiger partial charge in [0.2, 0.25) is 0 Å². The van der Waals surface area contributed by atoms with Crippen LogP contribution in [0.3, 0.4) is 0 Å². The quantitative estimate of drug-likeness (QED) is 0.725. The topological polar surface area (TPSA) is 87.7 Å². The van der Waals surface area contributed by atoms with Crippen molar-refractivity contribution in [2.24, 2.45) is 0 Å². The lowest BCUT2D eigenvalue weighted by Crippen LogP contribution is -2.62. The fraction of sp³-hybridized carbons (Fsp3) is 0.391. The molecule has 0 aliphatic heterocycles. The Morgan fingerprint density at radius 1 is 1.03 bits per heavy atom. The molecule has 29 heavy (non-hydrogen) atoms. The van der Waals surface area contributed by atoms with Crippen LogP contribution in [0.25, 0.3) is 0 Å². The molecule has 0 bridgehead atoms. The van der Waals surface area contributed by atoms with Crippen LogP contribution < -0.4 is 10.6 Å². The maximum Gasteiger partial charge on any atom is 0.408 e. The number of hydrogen-bond donors (Lipinski definition) is 3. The van der Waals surface area contributed by atoms with Crippen LogP contribution in [-0.4, -0.2) is 34.4 Å². The van der Waals surface area contributed by atoms with Crippen molar-refractivity contribution in [3.05, 3.63) is 71.3 Å². The summed E-state index contributed by atoms with van der Waals surface area (Å²) in [5.41, 5.74) is 1.08. The summed E-state index contributed by atoms with van der Waals surface area (Å²) in [5.74, 6) is -0.530. The second-order valence-electron chi connectivity index (χ2n) is 8.51. The van der Waals surface area contributed by atoms with Gasteiger partial charge >= 0.3 is 6.09 Å². The Labute approximate surface area is 171 Å². The van der Waals surface area contributed by atoms with Crippen molar-refractivity contribution < 1.29 is 19.4 Å². The molecule has 1 aliphatic rings. The largest absolute Gasteiger partial charge is 0.444 e. The lowest BCUT2D eigenvalue weighted by molar-refractivity contribution is -0.133. The van der Waals surface area contributed by atoms with E-state index in [9.17, 15) is 14.7 Å². The van der Waals surface area contributed by atoms with E-state index in [0.29, 0.717) is 19.4 Å². The number of hydrogen-bond acceptors (Lipinski definition) is 4. The van der Waals surface area contributed by atoms with Crippen LogP contribution in [0.2, 0.25) is 0 Å². The fourth-order valence-electron chi connectivity index (χ4n) is 3.63. The SMILES string of the molecule is CC(C)(C)OC(=O)NC1(C(O)C(=O)NCc2ccccc2)Cc2ccccc2C1. The molecule has 0 saturated heterocycles. The number of nitrogens with one attached hydrogen (secondary N) is 2. The molecular formula is C23H28N2O4. The minimum atomic E-state index is -1.42. The molecule has 1 aliphatic carbocycles. The Morgan fingerprint density at radius 3 is 2.14 bits per heavy atom. The van der Waals surface area contributed by atoms with Gasteiger partial charge in [0.25, 0.3) is 5.91 Å². The Balaban J connectivity index is 1.77. The van der Waals surface area contributed by atoms with Gasteiger partial charge in [0, 0.05) is 6.54 Å². The molecule has 2 amide bonds. The van der Waals surface area contributed by atoms with Gasteiger partial charge in [-0.3, -0.25) is 4.79 Å². The molecule has 0 saturated carbocycles. The summed E-state index contributed by atoms with van der Waals surface area (Å²) in [4.78, 5) is 25.3. The summed E-state index contributed by atoms with van der Waals surface area (Å²) in [6.45, 7) is 5.61. The molecule has 2 aromatic rings. The first-order valence-electron chi connectivity index (χ1n) is 9.76. The lowest BCUT2D eigenvalue weighted by atomic mass is 9.88. The van der Waals surface area contributed by atoms with E-state index >= 15 is 0 Å². The molecule has 2 aromatic carbocycles. The van der Waals surface area contributed by atoms with Gasteiger partial charge in [0.1, 0.15) is 5.60 Å². The van der Waals surface area contributed by atoms with Crippen molar-refractivity contribution in [2.75, 3.05) is 0 Å². The van der Waals surface area contributed by atoms with Gasteiger partial charge < -0.3 is 20.5 Å². The van der Waals surface area contributed by atoms with Crippen LogP contribution in [-0.2, 0) is 28.9 Å². The molecule has 154 valence electrons. The van der Waals surface area contributed by atoms with E-state index in [-0.39, 0.29) is 0 Å². The highest BCUT2D eigenvalue weighted by atomic mass is 16.6. The molecule has 6 heteroatoms. The predicted octanol–water partition coefficient (Wildman–Crippen LogP) is 2.73. The van der Waals surface area contributed by atoms with Crippen LogP contribution in [0.5, 0.6) is 0 Å². The van der Waals surface area contributed by atoms with Crippen LogP contribution in [0, 0.1) is 0 Å². The van der Waals surface area contributed by atoms with Crippen molar-refractivity contribution in [3.8, 4) is 0 Å². The van der Waals surface area contributed by atoms with Crippen molar-refractivity contribution in [2.45, 2.75) is 57.4 Å². The first kappa shape index (κ1) is 20.9. The number of benzene rings is 2. The van der Waals surface area contributed by atoms with E-state index in [1.54, 1.807) is 20.8 Å². The average molecular weight is 396 g/mol. The number of carbonyl (C=O) groups excluding carboxylic acids is 2. The van der Waals surface area contributed by atoms with Gasteiger partial charge in [-0.2, -0.15) is 0 Å². The number of alkyl carbamates (subject to hydrolysis) is 1. The van der Waals surface area contributed by atoms with Crippen LogP contribution >= 0.6 is 0 Å². The smallest absolute Gasteiger partial charge is 0.408 e. The molecule has 3 rings (SSSR count). The maximum atomic E-state index is 12.8. The van der Waals surface area contributed by atoms with Gasteiger partial charge in [-0.1, -0.05) is 54.6 Å². The van der Waals surface area contributed by atoms with Crippen LogP contribution in [0.1, 0.15) is 37.5 Å². The third kappa shape index (κ3) is 5.15. The number of carbonyl (C=O) groups is 2. The third-order valence-electron chi connectivity index (χ3n) is 4.96. The highest BCUT2D eigenvalue weighted by Gasteiger charge is 2.48. The zero-order chi connectivity index (χ0) is 21.1. The number of ether oxygens (including phenoxy) is 1. The molecular weight excluding hydrogens is 368 g/mol. The summed E-state index contributed by atoms with van der Waals surface area (Å²) >= 11 is 0. The second-order valence-corrected chi connectivity index (χ2v) is 8.51. The molecule has 0 heterocycles. The molecule has 6 nitrogen and oxygen atoms in total. The second kappa shape index (κ2) is 8.25. The summed E-state index contributed by atoms with van der Waals surface area (Å²) in [6, 6.07) is 17.2. The van der Waals surface area contributed by atoms with E-state index in [1.165, 1.54) is 0 Å². The summed E-state index contributed by atoms with van der Waals surface area (Å²) in [7, 11) is 0. The predicted molar refractivity (Wildman–Crippen MR) is 110 cm³/mol. The van der Waals surface area contributed by atoms with Crippen LogP contribution in [0.4, 0.5) is 4.79 Å². The standard InChI is InChI=1S/C23H28N2O4/c1-22(2,3)29-21(28)25-23(13-17-11-7-8-12-18(17)14-23)19(26)20(27)24-15-16-9-5-4-6-10-16/h4-12,19,26H,13-15H2,1-3H3,(H,24,27)(H,25,28). The normalized spacial score (nSPS) is 15.9. The van der Waals surface area contributed by atoms with Crippen LogP contribution in [0.15, 0.2) is 54.6 Å². The molecule has 0 spiro atoms. The average Bonchev–Trinajstić information content (AvgIpc) is 3.03. The zero-order valence-corrected chi connectivity index (χ0v) is 17.1. The summed E-state index contributed by atoms with van der Waals surface area (Å²) in [5, 5.41) is 16.6. The highest BCUT2D eigenvalue weighted by molar-refractivity contribution is 5.84. The third-order valence-corrected chi connectivity index (χ3v) is 4.96. The molecule has 3 N–H and O–H groups in total. The van der Waals surface area contributed by atoms with E-state index < -0.39 is 29.2 Å². The Hall–Kier alpha value is -2.86. The van der Waals surface area contributed by atoms with Gasteiger partial charge in [0.15, 0.2) is 6.10 Å². The van der Waals surface area contributed by atoms with Gasteiger partial charge in [-0.15, -0.1) is 0 Å². The number of rotatable bonds is 5. The van der Waals surface area contributed by atoms with Crippen molar-refractivity contribution in [3.63, 3.8) is 0 Å².